The number of halogens is 2. The minimum absolute atomic E-state index is 0. The van der Waals surface area contributed by atoms with Crippen LogP contribution in [0.2, 0.25) is 0 Å². The van der Waals surface area contributed by atoms with Gasteiger partial charge >= 0.3 is 0 Å². The molecule has 8 heteroatoms. The Bertz CT molecular complexity index is 404. The van der Waals surface area contributed by atoms with E-state index in [9.17, 15) is 9.59 Å². The van der Waals surface area contributed by atoms with Crippen LogP contribution in [-0.2, 0) is 9.59 Å². The van der Waals surface area contributed by atoms with Gasteiger partial charge in [0.15, 0.2) is 0 Å². The van der Waals surface area contributed by atoms with E-state index in [2.05, 4.69) is 10.2 Å². The van der Waals surface area contributed by atoms with E-state index in [0.29, 0.717) is 12.5 Å². The number of amides is 2. The summed E-state index contributed by atoms with van der Waals surface area (Å²) in [5, 5.41) is 3.26. The van der Waals surface area contributed by atoms with Crippen LogP contribution in [0.3, 0.4) is 0 Å². The van der Waals surface area contributed by atoms with Gasteiger partial charge in [-0.25, -0.2) is 0 Å². The van der Waals surface area contributed by atoms with Crippen LogP contribution >= 0.6 is 24.8 Å². The lowest BCUT2D eigenvalue weighted by Crippen LogP contribution is -2.49. The van der Waals surface area contributed by atoms with E-state index >= 15 is 0 Å². The summed E-state index contributed by atoms with van der Waals surface area (Å²) in [7, 11) is 1.88. The fourth-order valence-corrected chi connectivity index (χ4v) is 3.62. The van der Waals surface area contributed by atoms with Gasteiger partial charge in [0.2, 0.25) is 11.8 Å². The highest BCUT2D eigenvalue weighted by Gasteiger charge is 2.42. The third-order valence-electron chi connectivity index (χ3n) is 4.87. The van der Waals surface area contributed by atoms with Gasteiger partial charge < -0.3 is 15.1 Å². The van der Waals surface area contributed by atoms with Crippen LogP contribution in [0.1, 0.15) is 6.42 Å². The fourth-order valence-electron chi connectivity index (χ4n) is 3.62. The van der Waals surface area contributed by atoms with Crippen molar-refractivity contribution in [1.29, 1.82) is 0 Å². The number of carbonyl (C=O) groups excluding carboxylic acids is 2. The molecule has 3 saturated heterocycles. The number of piperazine rings is 1. The zero-order valence-electron chi connectivity index (χ0n) is 13.0. The average Bonchev–Trinajstić information content (AvgIpc) is 2.87. The Balaban J connectivity index is 0.00000121. The van der Waals surface area contributed by atoms with E-state index in [4.69, 9.17) is 0 Å². The van der Waals surface area contributed by atoms with Crippen molar-refractivity contribution in [1.82, 2.24) is 20.0 Å². The predicted molar refractivity (Wildman–Crippen MR) is 89.6 cm³/mol. The van der Waals surface area contributed by atoms with Crippen LogP contribution < -0.4 is 5.32 Å². The second-order valence-corrected chi connectivity index (χ2v) is 6.24. The number of nitrogens with one attached hydrogen (secondary N) is 1. The SMILES string of the molecule is CN1CC[C@@H]2CN(CC(=O)N3CCNCC3)C[C@@H]2C1=O.Cl.Cl. The van der Waals surface area contributed by atoms with E-state index in [1.807, 2.05) is 16.8 Å². The molecule has 0 aromatic rings. The van der Waals surface area contributed by atoms with Crippen molar-refractivity contribution in [2.45, 2.75) is 6.42 Å². The molecule has 0 aliphatic carbocycles. The van der Waals surface area contributed by atoms with Gasteiger partial charge in [0.1, 0.15) is 0 Å². The Kier molecular flexibility index (Phi) is 7.38. The molecule has 0 radical (unpaired) electrons. The fraction of sp³-hybridized carbons (Fsp3) is 0.857. The van der Waals surface area contributed by atoms with Crippen LogP contribution in [0.5, 0.6) is 0 Å². The molecule has 3 heterocycles. The average molecular weight is 353 g/mol. The Morgan fingerprint density at radius 2 is 1.86 bits per heavy atom. The molecule has 6 nitrogen and oxygen atoms in total. The zero-order valence-corrected chi connectivity index (χ0v) is 14.6. The van der Waals surface area contributed by atoms with Gasteiger partial charge in [-0.2, -0.15) is 0 Å². The smallest absolute Gasteiger partial charge is 0.236 e. The number of rotatable bonds is 2. The lowest BCUT2D eigenvalue weighted by atomic mass is 9.88. The molecule has 22 heavy (non-hydrogen) atoms. The maximum absolute atomic E-state index is 12.3. The molecule has 0 aromatic carbocycles. The van der Waals surface area contributed by atoms with Crippen LogP contribution in [0.4, 0.5) is 0 Å². The Morgan fingerprint density at radius 3 is 2.55 bits per heavy atom. The summed E-state index contributed by atoms with van der Waals surface area (Å²) in [6, 6.07) is 0. The molecule has 3 rings (SSSR count). The van der Waals surface area contributed by atoms with E-state index in [0.717, 1.165) is 52.2 Å². The molecule has 3 aliphatic rings. The van der Waals surface area contributed by atoms with E-state index in [1.54, 1.807) is 0 Å². The Hall–Kier alpha value is -0.560. The summed E-state index contributed by atoms with van der Waals surface area (Å²) in [5.41, 5.74) is 0. The minimum atomic E-state index is 0. The summed E-state index contributed by atoms with van der Waals surface area (Å²) < 4.78 is 0. The highest BCUT2D eigenvalue weighted by Crippen LogP contribution is 2.31. The first kappa shape index (κ1) is 19.5. The Labute approximate surface area is 144 Å². The van der Waals surface area contributed by atoms with Gasteiger partial charge in [0, 0.05) is 52.9 Å². The second kappa shape index (κ2) is 8.34. The molecular formula is C14H26Cl2N4O2. The number of likely N-dealkylation sites (tertiary alicyclic amines) is 2. The maximum atomic E-state index is 12.3. The summed E-state index contributed by atoms with van der Waals surface area (Å²) in [4.78, 5) is 30.4. The molecule has 0 spiro atoms. The van der Waals surface area contributed by atoms with Gasteiger partial charge in [-0.1, -0.05) is 0 Å². The van der Waals surface area contributed by atoms with Crippen molar-refractivity contribution < 1.29 is 9.59 Å². The van der Waals surface area contributed by atoms with Crippen molar-refractivity contribution >= 4 is 36.6 Å². The summed E-state index contributed by atoms with van der Waals surface area (Å²) >= 11 is 0. The number of carbonyl (C=O) groups is 2. The number of piperidine rings is 1. The molecule has 3 fully saturated rings. The van der Waals surface area contributed by atoms with Gasteiger partial charge in [-0.05, 0) is 12.3 Å². The largest absolute Gasteiger partial charge is 0.345 e. The molecule has 0 unspecified atom stereocenters. The molecule has 1 N–H and O–H groups in total. The molecule has 0 aromatic heterocycles. The van der Waals surface area contributed by atoms with E-state index < -0.39 is 0 Å². The van der Waals surface area contributed by atoms with Crippen LogP contribution in [0.25, 0.3) is 0 Å². The van der Waals surface area contributed by atoms with Crippen LogP contribution in [-0.4, -0.2) is 85.9 Å². The normalized spacial score (nSPS) is 28.7. The zero-order chi connectivity index (χ0) is 14.1. The van der Waals surface area contributed by atoms with Gasteiger partial charge in [0.25, 0.3) is 0 Å². The lowest BCUT2D eigenvalue weighted by molar-refractivity contribution is -0.138. The maximum Gasteiger partial charge on any atom is 0.236 e. The first-order chi connectivity index (χ1) is 9.65. The van der Waals surface area contributed by atoms with Crippen molar-refractivity contribution in [3.05, 3.63) is 0 Å². The number of hydrogen-bond donors (Lipinski definition) is 1. The molecule has 128 valence electrons. The van der Waals surface area contributed by atoms with E-state index in [1.165, 1.54) is 0 Å². The molecule has 0 bridgehead atoms. The third-order valence-corrected chi connectivity index (χ3v) is 4.87. The Morgan fingerprint density at radius 1 is 1.18 bits per heavy atom. The summed E-state index contributed by atoms with van der Waals surface area (Å²) in [6.45, 7) is 6.39. The molecule has 0 saturated carbocycles. The highest BCUT2D eigenvalue weighted by molar-refractivity contribution is 5.85. The monoisotopic (exact) mass is 352 g/mol. The van der Waals surface area contributed by atoms with E-state index in [-0.39, 0.29) is 42.5 Å². The summed E-state index contributed by atoms with van der Waals surface area (Å²) in [6.07, 6.45) is 1.07. The molecule has 2 atom stereocenters. The number of hydrogen-bond acceptors (Lipinski definition) is 4. The minimum Gasteiger partial charge on any atom is -0.345 e. The number of fused-ring (bicyclic) bond motifs is 1. The topological polar surface area (TPSA) is 55.9 Å². The molecular weight excluding hydrogens is 327 g/mol. The highest BCUT2D eigenvalue weighted by atomic mass is 35.5. The van der Waals surface area contributed by atoms with Gasteiger partial charge in [-0.3, -0.25) is 14.5 Å². The van der Waals surface area contributed by atoms with Crippen molar-refractivity contribution in [2.75, 3.05) is 59.4 Å². The van der Waals surface area contributed by atoms with Gasteiger partial charge in [0.05, 0.1) is 12.5 Å². The van der Waals surface area contributed by atoms with Crippen molar-refractivity contribution in [2.24, 2.45) is 11.8 Å². The second-order valence-electron chi connectivity index (χ2n) is 6.24. The lowest BCUT2D eigenvalue weighted by Gasteiger charge is -2.30. The first-order valence-electron chi connectivity index (χ1n) is 7.61. The van der Waals surface area contributed by atoms with Crippen molar-refractivity contribution in [3.8, 4) is 0 Å². The standard InChI is InChI=1S/C14H24N4O2.2ClH/c1-16-5-2-11-8-17(9-12(11)14(16)20)10-13(19)18-6-3-15-4-7-18;;/h11-12,15H,2-10H2,1H3;2*1H/t11-,12+;;/m1../s1. The molecule has 2 amide bonds. The number of nitrogens with zero attached hydrogens (tertiary/aromatic N) is 3. The quantitative estimate of drug-likeness (QED) is 0.739. The van der Waals surface area contributed by atoms with Gasteiger partial charge in [-0.15, -0.1) is 24.8 Å². The summed E-state index contributed by atoms with van der Waals surface area (Å²) in [5.74, 6) is 1.04. The van der Waals surface area contributed by atoms with Crippen molar-refractivity contribution in [3.63, 3.8) is 0 Å². The van der Waals surface area contributed by atoms with Crippen LogP contribution in [0, 0.1) is 11.8 Å². The molecule has 3 aliphatic heterocycles. The predicted octanol–water partition coefficient (Wildman–Crippen LogP) is -0.328. The third kappa shape index (κ3) is 4.04. The van der Waals surface area contributed by atoms with Crippen LogP contribution in [0.15, 0.2) is 0 Å². The first-order valence-corrected chi connectivity index (χ1v) is 7.61.